The Morgan fingerprint density at radius 2 is 1.82 bits per heavy atom. The first-order chi connectivity index (χ1) is 10.8. The first kappa shape index (κ1) is 14.2. The van der Waals surface area contributed by atoms with Crippen molar-refractivity contribution in [1.82, 2.24) is 35.2 Å². The second-order valence-electron chi connectivity index (χ2n) is 4.67. The minimum absolute atomic E-state index is 0.297. The SMILES string of the molecule is CCn1cc(-c2ccc(OCc3nnn(CC)n3)cc2)nn1. The highest BCUT2D eigenvalue weighted by Crippen LogP contribution is 2.20. The summed E-state index contributed by atoms with van der Waals surface area (Å²) in [6.45, 7) is 5.78. The molecule has 0 aliphatic heterocycles. The molecule has 3 rings (SSSR count). The van der Waals surface area contributed by atoms with Gasteiger partial charge in [-0.25, -0.2) is 0 Å². The second-order valence-corrected chi connectivity index (χ2v) is 4.67. The molecule has 0 N–H and O–H groups in total. The average molecular weight is 299 g/mol. The monoisotopic (exact) mass is 299 g/mol. The minimum Gasteiger partial charge on any atom is -0.485 e. The third-order valence-electron chi connectivity index (χ3n) is 3.16. The Hall–Kier alpha value is -2.77. The maximum absolute atomic E-state index is 5.65. The molecule has 0 atom stereocenters. The minimum atomic E-state index is 0.297. The number of ether oxygens (including phenoxy) is 1. The van der Waals surface area contributed by atoms with Crippen LogP contribution in [0.15, 0.2) is 30.5 Å². The van der Waals surface area contributed by atoms with Gasteiger partial charge in [0.2, 0.25) is 5.82 Å². The topological polar surface area (TPSA) is 83.5 Å². The van der Waals surface area contributed by atoms with Crippen molar-refractivity contribution in [2.24, 2.45) is 0 Å². The molecule has 0 aliphatic rings. The van der Waals surface area contributed by atoms with Gasteiger partial charge in [-0.3, -0.25) is 4.68 Å². The standard InChI is InChI=1S/C14H17N7O/c1-3-20-9-13(15-18-20)11-5-7-12(8-6-11)22-10-14-16-19-21(4-2)17-14/h5-9H,3-4,10H2,1-2H3. The molecule has 3 aromatic rings. The molecule has 0 amide bonds. The van der Waals surface area contributed by atoms with Crippen molar-refractivity contribution < 1.29 is 4.74 Å². The summed E-state index contributed by atoms with van der Waals surface area (Å²) >= 11 is 0. The van der Waals surface area contributed by atoms with Crippen LogP contribution in [0.25, 0.3) is 11.3 Å². The molecule has 2 aromatic heterocycles. The lowest BCUT2D eigenvalue weighted by atomic mass is 10.2. The Morgan fingerprint density at radius 3 is 2.45 bits per heavy atom. The molecule has 114 valence electrons. The van der Waals surface area contributed by atoms with Gasteiger partial charge in [0.1, 0.15) is 11.4 Å². The molecule has 0 radical (unpaired) electrons. The fourth-order valence-corrected chi connectivity index (χ4v) is 1.92. The first-order valence-corrected chi connectivity index (χ1v) is 7.18. The van der Waals surface area contributed by atoms with Crippen molar-refractivity contribution in [1.29, 1.82) is 0 Å². The molecule has 0 saturated carbocycles. The number of aromatic nitrogens is 7. The van der Waals surface area contributed by atoms with Crippen LogP contribution in [0.5, 0.6) is 5.75 Å². The highest BCUT2D eigenvalue weighted by Gasteiger charge is 2.05. The zero-order chi connectivity index (χ0) is 15.4. The smallest absolute Gasteiger partial charge is 0.212 e. The van der Waals surface area contributed by atoms with E-state index in [2.05, 4.69) is 25.7 Å². The van der Waals surface area contributed by atoms with Crippen LogP contribution in [0.1, 0.15) is 19.7 Å². The normalized spacial score (nSPS) is 10.8. The van der Waals surface area contributed by atoms with Gasteiger partial charge in [-0.15, -0.1) is 15.3 Å². The molecule has 8 nitrogen and oxygen atoms in total. The quantitative estimate of drug-likeness (QED) is 0.686. The predicted molar refractivity (Wildman–Crippen MR) is 79.0 cm³/mol. The van der Waals surface area contributed by atoms with E-state index in [0.29, 0.717) is 19.0 Å². The largest absolute Gasteiger partial charge is 0.485 e. The van der Waals surface area contributed by atoms with E-state index >= 15 is 0 Å². The van der Waals surface area contributed by atoms with Gasteiger partial charge in [-0.1, -0.05) is 5.21 Å². The Morgan fingerprint density at radius 1 is 1.00 bits per heavy atom. The number of tetrazole rings is 1. The molecule has 0 aliphatic carbocycles. The van der Waals surface area contributed by atoms with Crippen LogP contribution in [0.4, 0.5) is 0 Å². The summed E-state index contributed by atoms with van der Waals surface area (Å²) in [6.07, 6.45) is 1.92. The van der Waals surface area contributed by atoms with E-state index < -0.39 is 0 Å². The molecule has 0 fully saturated rings. The van der Waals surface area contributed by atoms with E-state index in [1.54, 1.807) is 4.68 Å². The highest BCUT2D eigenvalue weighted by atomic mass is 16.5. The van der Waals surface area contributed by atoms with Gasteiger partial charge in [0.25, 0.3) is 0 Å². The number of hydrogen-bond acceptors (Lipinski definition) is 6. The van der Waals surface area contributed by atoms with Crippen LogP contribution in [0.2, 0.25) is 0 Å². The van der Waals surface area contributed by atoms with Crippen molar-refractivity contribution in [2.75, 3.05) is 0 Å². The summed E-state index contributed by atoms with van der Waals surface area (Å²) in [6, 6.07) is 7.69. The fraction of sp³-hybridized carbons (Fsp3) is 0.357. The van der Waals surface area contributed by atoms with Gasteiger partial charge in [-0.05, 0) is 43.3 Å². The highest BCUT2D eigenvalue weighted by molar-refractivity contribution is 5.58. The summed E-state index contributed by atoms with van der Waals surface area (Å²) in [4.78, 5) is 1.53. The molecule has 0 bridgehead atoms. The molecule has 22 heavy (non-hydrogen) atoms. The summed E-state index contributed by atoms with van der Waals surface area (Å²) in [5.41, 5.74) is 1.85. The lowest BCUT2D eigenvalue weighted by Crippen LogP contribution is -2.01. The van der Waals surface area contributed by atoms with E-state index in [4.69, 9.17) is 4.74 Å². The van der Waals surface area contributed by atoms with E-state index in [-0.39, 0.29) is 0 Å². The Kier molecular flexibility index (Phi) is 4.08. The number of hydrogen-bond donors (Lipinski definition) is 0. The first-order valence-electron chi connectivity index (χ1n) is 7.18. The molecule has 0 unspecified atom stereocenters. The van der Waals surface area contributed by atoms with E-state index in [1.165, 1.54) is 4.80 Å². The summed E-state index contributed by atoms with van der Waals surface area (Å²) in [5.74, 6) is 1.32. The van der Waals surface area contributed by atoms with Gasteiger partial charge in [0.05, 0.1) is 12.7 Å². The van der Waals surface area contributed by atoms with Crippen molar-refractivity contribution in [3.63, 3.8) is 0 Å². The zero-order valence-electron chi connectivity index (χ0n) is 12.5. The number of benzene rings is 1. The van der Waals surface area contributed by atoms with Gasteiger partial charge in [0, 0.05) is 12.1 Å². The van der Waals surface area contributed by atoms with Crippen LogP contribution >= 0.6 is 0 Å². The predicted octanol–water partition coefficient (Wildman–Crippen LogP) is 1.55. The molecule has 0 saturated heterocycles. The third kappa shape index (κ3) is 3.11. The van der Waals surface area contributed by atoms with Crippen molar-refractivity contribution in [3.8, 4) is 17.0 Å². The second kappa shape index (κ2) is 6.33. The van der Waals surface area contributed by atoms with Gasteiger partial charge in [-0.2, -0.15) is 4.80 Å². The molecule has 0 spiro atoms. The maximum atomic E-state index is 5.65. The molecule has 2 heterocycles. The van der Waals surface area contributed by atoms with E-state index in [1.807, 2.05) is 44.3 Å². The molecule has 8 heteroatoms. The van der Waals surface area contributed by atoms with Crippen LogP contribution in [0, 0.1) is 0 Å². The summed E-state index contributed by atoms with van der Waals surface area (Å²) < 4.78 is 7.44. The third-order valence-corrected chi connectivity index (χ3v) is 3.16. The summed E-state index contributed by atoms with van der Waals surface area (Å²) in [5, 5.41) is 20.1. The molecular weight excluding hydrogens is 282 g/mol. The van der Waals surface area contributed by atoms with Crippen LogP contribution < -0.4 is 4.74 Å². The lowest BCUT2D eigenvalue weighted by molar-refractivity contribution is 0.295. The zero-order valence-corrected chi connectivity index (χ0v) is 12.5. The Balaban J connectivity index is 1.63. The van der Waals surface area contributed by atoms with Crippen LogP contribution in [-0.4, -0.2) is 35.2 Å². The van der Waals surface area contributed by atoms with E-state index in [9.17, 15) is 0 Å². The van der Waals surface area contributed by atoms with Crippen LogP contribution in [0.3, 0.4) is 0 Å². The number of rotatable bonds is 6. The average Bonchev–Trinajstić information content (AvgIpc) is 3.22. The molecule has 1 aromatic carbocycles. The van der Waals surface area contributed by atoms with E-state index in [0.717, 1.165) is 23.6 Å². The Bertz CT molecular complexity index is 732. The van der Waals surface area contributed by atoms with Gasteiger partial charge < -0.3 is 4.74 Å². The van der Waals surface area contributed by atoms with Gasteiger partial charge >= 0.3 is 0 Å². The number of nitrogens with zero attached hydrogens (tertiary/aromatic N) is 7. The molecular formula is C14H17N7O. The maximum Gasteiger partial charge on any atom is 0.212 e. The van der Waals surface area contributed by atoms with Gasteiger partial charge in [0.15, 0.2) is 6.61 Å². The van der Waals surface area contributed by atoms with Crippen molar-refractivity contribution in [2.45, 2.75) is 33.5 Å². The summed E-state index contributed by atoms with van der Waals surface area (Å²) in [7, 11) is 0. The number of aryl methyl sites for hydroxylation is 2. The van der Waals surface area contributed by atoms with Crippen molar-refractivity contribution in [3.05, 3.63) is 36.3 Å². The fourth-order valence-electron chi connectivity index (χ4n) is 1.92. The lowest BCUT2D eigenvalue weighted by Gasteiger charge is -2.03. The Labute approximate surface area is 127 Å². The van der Waals surface area contributed by atoms with Crippen molar-refractivity contribution >= 4 is 0 Å². The van der Waals surface area contributed by atoms with Crippen LogP contribution in [-0.2, 0) is 19.7 Å².